The van der Waals surface area contributed by atoms with Crippen LogP contribution < -0.4 is 15.0 Å². The van der Waals surface area contributed by atoms with Crippen LogP contribution in [0, 0.1) is 0 Å². The fourth-order valence-electron chi connectivity index (χ4n) is 5.82. The van der Waals surface area contributed by atoms with E-state index in [-0.39, 0.29) is 17.7 Å². The molecule has 0 radical (unpaired) electrons. The number of aromatic amines is 1. The molecular weight excluding hydrogens is 552 g/mol. The van der Waals surface area contributed by atoms with Crippen LogP contribution in [0.25, 0.3) is 11.2 Å². The van der Waals surface area contributed by atoms with Crippen molar-refractivity contribution in [2.45, 2.75) is 30.1 Å². The van der Waals surface area contributed by atoms with Gasteiger partial charge in [-0.05, 0) is 17.2 Å². The summed E-state index contributed by atoms with van der Waals surface area (Å²) in [6.45, 7) is -0.0394. The Bertz CT molecular complexity index is 1700. The van der Waals surface area contributed by atoms with Gasteiger partial charge in [0.1, 0.15) is 23.9 Å². The predicted molar refractivity (Wildman–Crippen MR) is 157 cm³/mol. The number of aliphatic hydroxyl groups excluding tert-OH is 1. The molecule has 11 nitrogen and oxygen atoms in total. The van der Waals surface area contributed by atoms with Crippen LogP contribution in [-0.2, 0) is 19.8 Å². The summed E-state index contributed by atoms with van der Waals surface area (Å²) in [4.78, 5) is 23.3. The standard InChI is InChI=1S/C32H32N4O7/c1-39-23-16-10-15-22(27(23)40-2)32(20-11-6-4-7-12-20,21-13-8-5-9-14-21)42-17-24-26(37)28(41-3)31(43-24)36-19-35-25-29(36)33-18-34-30(25)38/h4-16,18-19,24,26,28,31,37H,17H2,1-3H3,(H,33,34,38)/t24-,26-,28-,31-/m1/s1. The number of hydrogen-bond donors (Lipinski definition) is 2. The summed E-state index contributed by atoms with van der Waals surface area (Å²) < 4.78 is 32.2. The highest BCUT2D eigenvalue weighted by Crippen LogP contribution is 2.48. The molecule has 0 saturated carbocycles. The molecule has 0 bridgehead atoms. The van der Waals surface area contributed by atoms with Crippen LogP contribution in [0.4, 0.5) is 0 Å². The summed E-state index contributed by atoms with van der Waals surface area (Å²) in [5, 5.41) is 11.4. The molecule has 0 spiro atoms. The average molecular weight is 585 g/mol. The summed E-state index contributed by atoms with van der Waals surface area (Å²) in [5.41, 5.74) is 1.29. The van der Waals surface area contributed by atoms with E-state index in [0.29, 0.717) is 22.7 Å². The Labute approximate surface area is 247 Å². The van der Waals surface area contributed by atoms with E-state index in [1.165, 1.54) is 19.8 Å². The Hall–Kier alpha value is -4.55. The molecule has 6 rings (SSSR count). The highest BCUT2D eigenvalue weighted by Gasteiger charge is 2.48. The normalized spacial score (nSPS) is 20.4. The lowest BCUT2D eigenvalue weighted by Gasteiger charge is -2.38. The number of nitrogens with zero attached hydrogens (tertiary/aromatic N) is 3. The number of H-pyrrole nitrogens is 1. The molecule has 11 heteroatoms. The summed E-state index contributed by atoms with van der Waals surface area (Å²) in [6, 6.07) is 25.3. The summed E-state index contributed by atoms with van der Waals surface area (Å²) >= 11 is 0. The SMILES string of the molecule is COc1cccc(C(OC[C@H]2O[C@@H](n3cnc4c(=O)[nH]cnc43)[C@H](OC)[C@@H]2O)(c2ccccc2)c2ccccc2)c1OC. The molecule has 0 amide bonds. The molecule has 5 aromatic rings. The number of benzene rings is 3. The fourth-order valence-corrected chi connectivity index (χ4v) is 5.82. The molecule has 1 aliphatic rings. The molecule has 2 N–H and O–H groups in total. The lowest BCUT2D eigenvalue weighted by atomic mass is 9.79. The largest absolute Gasteiger partial charge is 0.493 e. The van der Waals surface area contributed by atoms with Crippen molar-refractivity contribution in [3.05, 3.63) is 119 Å². The van der Waals surface area contributed by atoms with Gasteiger partial charge in [-0.3, -0.25) is 9.36 Å². The van der Waals surface area contributed by atoms with Gasteiger partial charge in [-0.2, -0.15) is 0 Å². The van der Waals surface area contributed by atoms with E-state index in [0.717, 1.165) is 11.1 Å². The van der Waals surface area contributed by atoms with Crippen molar-refractivity contribution in [2.75, 3.05) is 27.9 Å². The molecule has 3 aromatic carbocycles. The highest BCUT2D eigenvalue weighted by molar-refractivity contribution is 5.69. The maximum atomic E-state index is 12.3. The number of aromatic nitrogens is 4. The number of methoxy groups -OCH3 is 3. The van der Waals surface area contributed by atoms with Gasteiger partial charge in [0.15, 0.2) is 28.9 Å². The second kappa shape index (κ2) is 12.0. The molecule has 2 aromatic heterocycles. The van der Waals surface area contributed by atoms with Crippen molar-refractivity contribution in [2.24, 2.45) is 0 Å². The van der Waals surface area contributed by atoms with E-state index in [1.807, 2.05) is 78.9 Å². The minimum Gasteiger partial charge on any atom is -0.493 e. The van der Waals surface area contributed by atoms with Gasteiger partial charge in [-0.1, -0.05) is 72.8 Å². The van der Waals surface area contributed by atoms with Gasteiger partial charge in [-0.15, -0.1) is 0 Å². The van der Waals surface area contributed by atoms with Gasteiger partial charge in [0.05, 0.1) is 33.5 Å². The highest BCUT2D eigenvalue weighted by atomic mass is 16.6. The average Bonchev–Trinajstić information content (AvgIpc) is 3.63. The van der Waals surface area contributed by atoms with Crippen LogP contribution in [0.15, 0.2) is 96.3 Å². The minimum absolute atomic E-state index is 0.0394. The Morgan fingerprint density at radius 3 is 2.26 bits per heavy atom. The first-order valence-electron chi connectivity index (χ1n) is 13.8. The first-order valence-corrected chi connectivity index (χ1v) is 13.8. The number of fused-ring (bicyclic) bond motifs is 1. The monoisotopic (exact) mass is 584 g/mol. The van der Waals surface area contributed by atoms with E-state index < -0.39 is 30.1 Å². The number of rotatable bonds is 10. The number of para-hydroxylation sites is 1. The molecule has 222 valence electrons. The Morgan fingerprint density at radius 1 is 0.930 bits per heavy atom. The third-order valence-corrected chi connectivity index (χ3v) is 7.83. The van der Waals surface area contributed by atoms with Gasteiger partial charge >= 0.3 is 0 Å². The maximum Gasteiger partial charge on any atom is 0.278 e. The number of aliphatic hydroxyl groups is 1. The number of imidazole rings is 1. The lowest BCUT2D eigenvalue weighted by molar-refractivity contribution is -0.0952. The molecule has 1 saturated heterocycles. The smallest absolute Gasteiger partial charge is 0.278 e. The third-order valence-electron chi connectivity index (χ3n) is 7.83. The van der Waals surface area contributed by atoms with Crippen LogP contribution in [-0.4, -0.2) is 70.9 Å². The van der Waals surface area contributed by atoms with E-state index in [1.54, 1.807) is 18.8 Å². The van der Waals surface area contributed by atoms with Crippen LogP contribution >= 0.6 is 0 Å². The second-order valence-corrected chi connectivity index (χ2v) is 10.1. The van der Waals surface area contributed by atoms with Crippen molar-refractivity contribution in [3.63, 3.8) is 0 Å². The van der Waals surface area contributed by atoms with E-state index in [9.17, 15) is 9.90 Å². The minimum atomic E-state index is -1.19. The lowest BCUT2D eigenvalue weighted by Crippen LogP contribution is -2.40. The number of hydrogen-bond acceptors (Lipinski definition) is 9. The van der Waals surface area contributed by atoms with Crippen molar-refractivity contribution in [1.29, 1.82) is 0 Å². The summed E-state index contributed by atoms with van der Waals surface area (Å²) in [6.07, 6.45) is -0.752. The van der Waals surface area contributed by atoms with E-state index in [4.69, 9.17) is 23.7 Å². The molecule has 1 fully saturated rings. The topological polar surface area (TPSA) is 130 Å². The number of ether oxygens (including phenoxy) is 5. The molecule has 1 aliphatic heterocycles. The Balaban J connectivity index is 1.44. The van der Waals surface area contributed by atoms with Gasteiger partial charge in [0, 0.05) is 12.7 Å². The third kappa shape index (κ3) is 4.86. The maximum absolute atomic E-state index is 12.3. The van der Waals surface area contributed by atoms with Gasteiger partial charge in [-0.25, -0.2) is 9.97 Å². The van der Waals surface area contributed by atoms with Crippen LogP contribution in [0.1, 0.15) is 22.9 Å². The van der Waals surface area contributed by atoms with Gasteiger partial charge < -0.3 is 33.8 Å². The zero-order valence-corrected chi connectivity index (χ0v) is 23.9. The van der Waals surface area contributed by atoms with Gasteiger partial charge in [0.25, 0.3) is 5.56 Å². The summed E-state index contributed by atoms with van der Waals surface area (Å²) in [7, 11) is 4.67. The summed E-state index contributed by atoms with van der Waals surface area (Å²) in [5.74, 6) is 1.06. The molecule has 43 heavy (non-hydrogen) atoms. The van der Waals surface area contributed by atoms with Crippen LogP contribution in [0.2, 0.25) is 0 Å². The molecular formula is C32H32N4O7. The van der Waals surface area contributed by atoms with Crippen molar-refractivity contribution in [1.82, 2.24) is 19.5 Å². The Morgan fingerprint density at radius 2 is 1.63 bits per heavy atom. The molecule has 0 unspecified atom stereocenters. The molecule has 0 aliphatic carbocycles. The Kier molecular flexibility index (Phi) is 7.96. The quantitative estimate of drug-likeness (QED) is 0.237. The van der Waals surface area contributed by atoms with Gasteiger partial charge in [0.2, 0.25) is 0 Å². The first kappa shape index (κ1) is 28.6. The zero-order chi connectivity index (χ0) is 30.0. The molecule has 4 atom stereocenters. The fraction of sp³-hybridized carbons (Fsp3) is 0.281. The second-order valence-electron chi connectivity index (χ2n) is 10.1. The van der Waals surface area contributed by atoms with Crippen molar-refractivity contribution < 1.29 is 28.8 Å². The van der Waals surface area contributed by atoms with Crippen LogP contribution in [0.3, 0.4) is 0 Å². The van der Waals surface area contributed by atoms with Crippen LogP contribution in [0.5, 0.6) is 11.5 Å². The zero-order valence-electron chi connectivity index (χ0n) is 23.9. The van der Waals surface area contributed by atoms with Crippen molar-refractivity contribution >= 4 is 11.2 Å². The van der Waals surface area contributed by atoms with E-state index >= 15 is 0 Å². The predicted octanol–water partition coefficient (Wildman–Crippen LogP) is 3.42. The van der Waals surface area contributed by atoms with Crippen molar-refractivity contribution in [3.8, 4) is 11.5 Å². The first-order chi connectivity index (χ1) is 21.0. The molecule has 3 heterocycles. The number of nitrogens with one attached hydrogen (secondary N) is 1. The van der Waals surface area contributed by atoms with E-state index in [2.05, 4.69) is 15.0 Å².